The first-order valence-corrected chi connectivity index (χ1v) is 10.5. The average Bonchev–Trinajstić information content (AvgIpc) is 3.05. The lowest BCUT2D eigenvalue weighted by Crippen LogP contribution is -2.48. The third-order valence-corrected chi connectivity index (χ3v) is 6.68. The molecule has 0 radical (unpaired) electrons. The minimum Gasteiger partial charge on any atom is -0.435 e. The quantitative estimate of drug-likeness (QED) is 0.527. The zero-order chi connectivity index (χ0) is 21.3. The summed E-state index contributed by atoms with van der Waals surface area (Å²) in [6.45, 7) is -0.190. The van der Waals surface area contributed by atoms with Crippen molar-refractivity contribution in [2.75, 3.05) is 26.2 Å². The van der Waals surface area contributed by atoms with Gasteiger partial charge in [0.2, 0.25) is 0 Å². The maximum Gasteiger partial charge on any atom is 0.387 e. The monoisotopic (exact) mass is 454 g/mol. The van der Waals surface area contributed by atoms with Crippen LogP contribution in [0.2, 0.25) is 5.02 Å². The summed E-state index contributed by atoms with van der Waals surface area (Å²) in [4.78, 5) is 17.2. The number of carbonyl (C=O) groups is 1. The predicted molar refractivity (Wildman–Crippen MR) is 111 cm³/mol. The summed E-state index contributed by atoms with van der Waals surface area (Å²) in [7, 11) is 0. The Morgan fingerprint density at radius 3 is 2.57 bits per heavy atom. The van der Waals surface area contributed by atoms with Gasteiger partial charge in [-0.2, -0.15) is 8.78 Å². The highest BCUT2D eigenvalue weighted by Crippen LogP contribution is 2.38. The highest BCUT2D eigenvalue weighted by molar-refractivity contribution is 7.21. The molecule has 1 aliphatic heterocycles. The Bertz CT molecular complexity index is 1070. The number of hydrogen-bond donors (Lipinski definition) is 0. The van der Waals surface area contributed by atoms with E-state index in [1.54, 1.807) is 29.2 Å². The molecular weight excluding hydrogens is 437 g/mol. The summed E-state index contributed by atoms with van der Waals surface area (Å²) < 4.78 is 43.8. The lowest BCUT2D eigenvalue weighted by molar-refractivity contribution is -0.0497. The van der Waals surface area contributed by atoms with Gasteiger partial charge in [0.1, 0.15) is 16.4 Å². The van der Waals surface area contributed by atoms with Gasteiger partial charge in [0.25, 0.3) is 5.91 Å². The fourth-order valence-corrected chi connectivity index (χ4v) is 4.99. The number of carbonyl (C=O) groups excluding carboxylic acids is 1. The molecule has 0 atom stereocenters. The predicted octanol–water partition coefficient (Wildman–Crippen LogP) is 5.25. The summed E-state index contributed by atoms with van der Waals surface area (Å²) in [6, 6.07) is 11.1. The molecule has 1 aliphatic rings. The summed E-state index contributed by atoms with van der Waals surface area (Å²) in [5, 5.41) is 0.946. The second-order valence-corrected chi connectivity index (χ2v) is 8.37. The Morgan fingerprint density at radius 2 is 1.87 bits per heavy atom. The van der Waals surface area contributed by atoms with Crippen LogP contribution in [0.5, 0.6) is 5.75 Å². The normalized spacial score (nSPS) is 15.2. The third-order valence-electron chi connectivity index (χ3n) is 5.03. The topological polar surface area (TPSA) is 32.8 Å². The number of fused-ring (bicyclic) bond motifs is 1. The Labute approximate surface area is 180 Å². The van der Waals surface area contributed by atoms with E-state index < -0.39 is 6.61 Å². The van der Waals surface area contributed by atoms with Crippen molar-refractivity contribution in [2.45, 2.75) is 13.2 Å². The van der Waals surface area contributed by atoms with Crippen molar-refractivity contribution in [3.8, 4) is 5.75 Å². The first-order chi connectivity index (χ1) is 14.4. The molecule has 0 bridgehead atoms. The van der Waals surface area contributed by atoms with Gasteiger partial charge in [-0.25, -0.2) is 4.39 Å². The van der Waals surface area contributed by atoms with Crippen LogP contribution in [0.15, 0.2) is 42.5 Å². The summed E-state index contributed by atoms with van der Waals surface area (Å²) in [5.41, 5.74) is 0.631. The number of amides is 1. The molecule has 0 N–H and O–H groups in total. The standard InChI is InChI=1S/C21H18ClF3N2O2S/c22-18-15-6-5-14(29-21(24)25)11-17(15)30-19(18)20(28)27-9-7-26(8-10-27)12-13-3-1-2-4-16(13)23/h1-6,11,21H,7-10,12H2. The van der Waals surface area contributed by atoms with E-state index in [9.17, 15) is 18.0 Å². The number of rotatable bonds is 5. The van der Waals surface area contributed by atoms with E-state index in [0.29, 0.717) is 58.3 Å². The Morgan fingerprint density at radius 1 is 1.13 bits per heavy atom. The molecule has 0 aliphatic carbocycles. The first kappa shape index (κ1) is 21.0. The zero-order valence-electron chi connectivity index (χ0n) is 15.8. The second-order valence-electron chi connectivity index (χ2n) is 6.94. The van der Waals surface area contributed by atoms with Crippen LogP contribution < -0.4 is 4.74 Å². The number of hydrogen-bond acceptors (Lipinski definition) is 4. The molecule has 1 aromatic heterocycles. The van der Waals surface area contributed by atoms with Gasteiger partial charge in [0, 0.05) is 48.4 Å². The van der Waals surface area contributed by atoms with Gasteiger partial charge in [0.15, 0.2) is 0 Å². The van der Waals surface area contributed by atoms with Crippen LogP contribution in [0.25, 0.3) is 10.1 Å². The Balaban J connectivity index is 1.44. The van der Waals surface area contributed by atoms with E-state index in [1.165, 1.54) is 18.2 Å². The van der Waals surface area contributed by atoms with Crippen molar-refractivity contribution >= 4 is 38.9 Å². The largest absolute Gasteiger partial charge is 0.435 e. The highest BCUT2D eigenvalue weighted by Gasteiger charge is 2.26. The molecule has 2 aromatic carbocycles. The van der Waals surface area contributed by atoms with Crippen LogP contribution in [0.4, 0.5) is 13.2 Å². The maximum absolute atomic E-state index is 13.9. The summed E-state index contributed by atoms with van der Waals surface area (Å²) >= 11 is 7.57. The Hall–Kier alpha value is -2.29. The van der Waals surface area contributed by atoms with Crippen LogP contribution in [-0.4, -0.2) is 48.5 Å². The smallest absolute Gasteiger partial charge is 0.387 e. The average molecular weight is 455 g/mol. The maximum atomic E-state index is 13.9. The van der Waals surface area contributed by atoms with E-state index in [0.717, 1.165) is 11.3 Å². The number of nitrogens with zero attached hydrogens (tertiary/aromatic N) is 2. The van der Waals surface area contributed by atoms with Crippen molar-refractivity contribution in [1.29, 1.82) is 0 Å². The summed E-state index contributed by atoms with van der Waals surface area (Å²) in [6.07, 6.45) is 0. The molecule has 3 aromatic rings. The van der Waals surface area contributed by atoms with Gasteiger partial charge in [0.05, 0.1) is 5.02 Å². The van der Waals surface area contributed by atoms with Crippen molar-refractivity contribution in [3.63, 3.8) is 0 Å². The van der Waals surface area contributed by atoms with Crippen LogP contribution in [0.3, 0.4) is 0 Å². The molecule has 30 heavy (non-hydrogen) atoms. The van der Waals surface area contributed by atoms with Gasteiger partial charge < -0.3 is 9.64 Å². The van der Waals surface area contributed by atoms with Gasteiger partial charge in [-0.15, -0.1) is 11.3 Å². The van der Waals surface area contributed by atoms with Crippen LogP contribution >= 0.6 is 22.9 Å². The number of halogens is 4. The minimum atomic E-state index is -2.92. The molecule has 1 fully saturated rings. The first-order valence-electron chi connectivity index (χ1n) is 9.34. The van der Waals surface area contributed by atoms with Gasteiger partial charge in [-0.3, -0.25) is 9.69 Å². The molecule has 9 heteroatoms. The van der Waals surface area contributed by atoms with Crippen LogP contribution in [0, 0.1) is 5.82 Å². The molecule has 2 heterocycles. The van der Waals surface area contributed by atoms with E-state index >= 15 is 0 Å². The minimum absolute atomic E-state index is 0.0242. The lowest BCUT2D eigenvalue weighted by atomic mass is 10.2. The number of alkyl halides is 2. The number of piperazine rings is 1. The van der Waals surface area contributed by atoms with Gasteiger partial charge in [-0.05, 0) is 24.3 Å². The van der Waals surface area contributed by atoms with Crippen molar-refractivity contribution in [2.24, 2.45) is 0 Å². The summed E-state index contributed by atoms with van der Waals surface area (Å²) in [5.74, 6) is -0.400. The molecule has 0 unspecified atom stereocenters. The number of ether oxygens (including phenoxy) is 1. The van der Waals surface area contributed by atoms with Crippen LogP contribution in [-0.2, 0) is 6.54 Å². The van der Waals surface area contributed by atoms with Gasteiger partial charge >= 0.3 is 6.61 Å². The molecule has 0 saturated carbocycles. The third kappa shape index (κ3) is 4.40. The van der Waals surface area contributed by atoms with E-state index in [1.807, 2.05) is 0 Å². The van der Waals surface area contributed by atoms with E-state index in [-0.39, 0.29) is 17.5 Å². The Kier molecular flexibility index (Phi) is 6.17. The molecule has 4 nitrogen and oxygen atoms in total. The molecule has 1 saturated heterocycles. The van der Waals surface area contributed by atoms with Crippen molar-refractivity contribution < 1.29 is 22.7 Å². The molecule has 0 spiro atoms. The van der Waals surface area contributed by atoms with Gasteiger partial charge in [-0.1, -0.05) is 29.8 Å². The van der Waals surface area contributed by atoms with Crippen molar-refractivity contribution in [3.05, 3.63) is 63.7 Å². The molecule has 4 rings (SSSR count). The number of thiophene rings is 1. The van der Waals surface area contributed by atoms with E-state index in [4.69, 9.17) is 11.6 Å². The fourth-order valence-electron chi connectivity index (χ4n) is 3.48. The second kappa shape index (κ2) is 8.83. The molecule has 1 amide bonds. The van der Waals surface area contributed by atoms with Crippen molar-refractivity contribution in [1.82, 2.24) is 9.80 Å². The van der Waals surface area contributed by atoms with Crippen LogP contribution in [0.1, 0.15) is 15.2 Å². The SMILES string of the molecule is O=C(c1sc2cc(OC(F)F)ccc2c1Cl)N1CCN(Cc2ccccc2F)CC1. The number of benzene rings is 2. The molecular formula is C21H18ClF3N2O2S. The lowest BCUT2D eigenvalue weighted by Gasteiger charge is -2.34. The molecule has 158 valence electrons. The van der Waals surface area contributed by atoms with E-state index in [2.05, 4.69) is 9.64 Å². The fraction of sp³-hybridized carbons (Fsp3) is 0.286. The zero-order valence-corrected chi connectivity index (χ0v) is 17.4. The highest BCUT2D eigenvalue weighted by atomic mass is 35.5.